The van der Waals surface area contributed by atoms with Gasteiger partial charge in [0.25, 0.3) is 0 Å². The van der Waals surface area contributed by atoms with Crippen LogP contribution in [0.5, 0.6) is 0 Å². The van der Waals surface area contributed by atoms with Gasteiger partial charge < -0.3 is 14.9 Å². The topological polar surface area (TPSA) is 94.8 Å². The van der Waals surface area contributed by atoms with Crippen molar-refractivity contribution in [2.75, 3.05) is 0 Å². The minimum Gasteiger partial charge on any atom is -0.481 e. The second-order valence-corrected chi connectivity index (χ2v) is 4.80. The maximum Gasteiger partial charge on any atom is 0.356 e. The van der Waals surface area contributed by atoms with Crippen LogP contribution in [0.15, 0.2) is 24.3 Å². The van der Waals surface area contributed by atoms with Crippen molar-refractivity contribution in [2.24, 2.45) is 0 Å². The molecule has 1 aromatic carbocycles. The van der Waals surface area contributed by atoms with Gasteiger partial charge in [-0.15, -0.1) is 0 Å². The summed E-state index contributed by atoms with van der Waals surface area (Å²) < 4.78 is 10.8. The number of carboxylic acid groups (broad SMARTS) is 1. The smallest absolute Gasteiger partial charge is 0.356 e. The fourth-order valence-electron chi connectivity index (χ4n) is 1.10. The molecule has 15 heavy (non-hydrogen) atoms. The molecule has 1 aromatic rings. The second-order valence-electron chi connectivity index (χ2n) is 3.20. The molecule has 1 atom stereocenters. The summed E-state index contributed by atoms with van der Waals surface area (Å²) in [6, 6.07) is 5.31. The first-order chi connectivity index (χ1) is 6.82. The van der Waals surface area contributed by atoms with Crippen molar-refractivity contribution in [1.29, 1.82) is 0 Å². The number of rotatable bonds is 3. The SMILES string of the molecule is C[C@@H](C(=O)O)c1ccc(P(=O)(O)O)cc1. The van der Waals surface area contributed by atoms with E-state index in [1.54, 1.807) is 0 Å². The standard InChI is InChI=1S/C9H11O5P/c1-6(9(10)11)7-2-4-8(5-3-7)15(12,13)14/h2-6H,1H3,(H,10,11)(H2,12,13,14)/t6-/m1/s1. The summed E-state index contributed by atoms with van der Waals surface area (Å²) >= 11 is 0. The maximum atomic E-state index is 10.8. The van der Waals surface area contributed by atoms with Crippen molar-refractivity contribution in [1.82, 2.24) is 0 Å². The third kappa shape index (κ3) is 2.89. The summed E-state index contributed by atoms with van der Waals surface area (Å²) in [6.45, 7) is 1.51. The Kier molecular flexibility index (Phi) is 3.29. The summed E-state index contributed by atoms with van der Waals surface area (Å²) in [5.41, 5.74) is 0.514. The van der Waals surface area contributed by atoms with Crippen LogP contribution in [-0.4, -0.2) is 20.9 Å². The highest BCUT2D eigenvalue weighted by molar-refractivity contribution is 7.60. The molecule has 0 unspecified atom stereocenters. The average Bonchev–Trinajstić information content (AvgIpc) is 2.15. The molecule has 0 saturated heterocycles. The molecule has 0 aliphatic rings. The number of aliphatic carboxylic acids is 1. The molecule has 0 radical (unpaired) electrons. The highest BCUT2D eigenvalue weighted by atomic mass is 31.2. The zero-order valence-electron chi connectivity index (χ0n) is 7.99. The normalized spacial score (nSPS) is 13.5. The molecule has 82 valence electrons. The van der Waals surface area contributed by atoms with Gasteiger partial charge in [0.15, 0.2) is 0 Å². The predicted molar refractivity (Wildman–Crippen MR) is 54.2 cm³/mol. The fourth-order valence-corrected chi connectivity index (χ4v) is 1.64. The quantitative estimate of drug-likeness (QED) is 0.663. The Bertz CT molecular complexity index is 405. The molecule has 0 amide bonds. The Labute approximate surface area is 86.5 Å². The van der Waals surface area contributed by atoms with Crippen LogP contribution in [-0.2, 0) is 9.36 Å². The molecule has 3 N–H and O–H groups in total. The van der Waals surface area contributed by atoms with Crippen LogP contribution < -0.4 is 5.30 Å². The second kappa shape index (κ2) is 4.14. The number of hydrogen-bond acceptors (Lipinski definition) is 2. The molecule has 5 nitrogen and oxygen atoms in total. The predicted octanol–water partition coefficient (Wildman–Crippen LogP) is 0.678. The van der Waals surface area contributed by atoms with Gasteiger partial charge in [-0.2, -0.15) is 0 Å². The van der Waals surface area contributed by atoms with Gasteiger partial charge in [0.2, 0.25) is 0 Å². The minimum absolute atomic E-state index is 0.108. The molecule has 0 heterocycles. The van der Waals surface area contributed by atoms with Gasteiger partial charge in [0, 0.05) is 0 Å². The molecule has 0 saturated carbocycles. The average molecular weight is 230 g/mol. The van der Waals surface area contributed by atoms with Crippen molar-refractivity contribution >= 4 is 18.9 Å². The summed E-state index contributed by atoms with van der Waals surface area (Å²) in [5, 5.41) is 8.60. The Morgan fingerprint density at radius 1 is 1.27 bits per heavy atom. The van der Waals surface area contributed by atoms with E-state index in [0.29, 0.717) is 5.56 Å². The molecule has 1 rings (SSSR count). The lowest BCUT2D eigenvalue weighted by Gasteiger charge is -2.08. The van der Waals surface area contributed by atoms with E-state index in [1.165, 1.54) is 31.2 Å². The minimum atomic E-state index is -4.24. The van der Waals surface area contributed by atoms with Crippen LogP contribution in [0.2, 0.25) is 0 Å². The third-order valence-electron chi connectivity index (χ3n) is 2.10. The van der Waals surface area contributed by atoms with Crippen LogP contribution in [0.25, 0.3) is 0 Å². The van der Waals surface area contributed by atoms with Crippen LogP contribution in [0, 0.1) is 0 Å². The first-order valence-corrected chi connectivity index (χ1v) is 5.82. The number of hydrogen-bond donors (Lipinski definition) is 3. The van der Waals surface area contributed by atoms with Crippen LogP contribution >= 0.6 is 7.60 Å². The summed E-state index contributed by atoms with van der Waals surface area (Å²) in [5.74, 6) is -1.66. The van der Waals surface area contributed by atoms with E-state index in [-0.39, 0.29) is 5.30 Å². The van der Waals surface area contributed by atoms with Gasteiger partial charge >= 0.3 is 13.6 Å². The van der Waals surface area contributed by atoms with Crippen LogP contribution in [0.3, 0.4) is 0 Å². The first-order valence-electron chi connectivity index (χ1n) is 4.21. The van der Waals surface area contributed by atoms with Crippen molar-refractivity contribution in [3.8, 4) is 0 Å². The highest BCUT2D eigenvalue weighted by Crippen LogP contribution is 2.33. The zero-order chi connectivity index (χ0) is 11.6. The lowest BCUT2D eigenvalue weighted by molar-refractivity contribution is -0.138. The molecule has 0 bridgehead atoms. The van der Waals surface area contributed by atoms with Crippen LogP contribution in [0.1, 0.15) is 18.4 Å². The van der Waals surface area contributed by atoms with E-state index in [9.17, 15) is 9.36 Å². The Morgan fingerprint density at radius 3 is 2.07 bits per heavy atom. The van der Waals surface area contributed by atoms with Gasteiger partial charge in [-0.1, -0.05) is 12.1 Å². The molecule has 0 aliphatic carbocycles. The summed E-state index contributed by atoms with van der Waals surface area (Å²) in [6.07, 6.45) is 0. The van der Waals surface area contributed by atoms with Gasteiger partial charge in [-0.3, -0.25) is 9.36 Å². The largest absolute Gasteiger partial charge is 0.481 e. The highest BCUT2D eigenvalue weighted by Gasteiger charge is 2.18. The van der Waals surface area contributed by atoms with E-state index >= 15 is 0 Å². The monoisotopic (exact) mass is 230 g/mol. The summed E-state index contributed by atoms with van der Waals surface area (Å²) in [4.78, 5) is 28.3. The molecular formula is C9H11O5P. The fraction of sp³-hybridized carbons (Fsp3) is 0.222. The van der Waals surface area contributed by atoms with Gasteiger partial charge in [-0.05, 0) is 24.6 Å². The first kappa shape index (κ1) is 11.9. The van der Waals surface area contributed by atoms with E-state index in [1.807, 2.05) is 0 Å². The number of carbonyl (C=O) groups is 1. The lowest BCUT2D eigenvalue weighted by atomic mass is 10.0. The zero-order valence-corrected chi connectivity index (χ0v) is 8.89. The number of benzene rings is 1. The van der Waals surface area contributed by atoms with E-state index < -0.39 is 19.5 Å². The Balaban J connectivity index is 3.00. The Hall–Kier alpha value is -1.16. The number of carboxylic acids is 1. The molecule has 0 aromatic heterocycles. The van der Waals surface area contributed by atoms with E-state index in [4.69, 9.17) is 14.9 Å². The Morgan fingerprint density at radius 2 is 1.73 bits per heavy atom. The molecular weight excluding hydrogens is 219 g/mol. The molecule has 6 heteroatoms. The maximum absolute atomic E-state index is 10.8. The van der Waals surface area contributed by atoms with Crippen molar-refractivity contribution in [2.45, 2.75) is 12.8 Å². The molecule has 0 spiro atoms. The van der Waals surface area contributed by atoms with Crippen molar-refractivity contribution in [3.05, 3.63) is 29.8 Å². The summed E-state index contributed by atoms with van der Waals surface area (Å²) in [7, 11) is -4.24. The van der Waals surface area contributed by atoms with Crippen LogP contribution in [0.4, 0.5) is 0 Å². The van der Waals surface area contributed by atoms with Crippen molar-refractivity contribution in [3.63, 3.8) is 0 Å². The van der Waals surface area contributed by atoms with E-state index in [2.05, 4.69) is 0 Å². The molecule has 0 aliphatic heterocycles. The van der Waals surface area contributed by atoms with Gasteiger partial charge in [-0.25, -0.2) is 0 Å². The lowest BCUT2D eigenvalue weighted by Crippen LogP contribution is -2.09. The van der Waals surface area contributed by atoms with Gasteiger partial charge in [0.05, 0.1) is 11.2 Å². The third-order valence-corrected chi connectivity index (χ3v) is 3.07. The van der Waals surface area contributed by atoms with Crippen molar-refractivity contribution < 1.29 is 24.3 Å². The van der Waals surface area contributed by atoms with E-state index in [0.717, 1.165) is 0 Å². The van der Waals surface area contributed by atoms with Gasteiger partial charge in [0.1, 0.15) is 0 Å². The molecule has 0 fully saturated rings.